The van der Waals surface area contributed by atoms with Crippen LogP contribution in [0.25, 0.3) is 132 Å². The molecule has 0 radical (unpaired) electrons. The lowest BCUT2D eigenvalue weighted by Gasteiger charge is -2.19. The Kier molecular flexibility index (Phi) is 7.64. The first-order valence-electron chi connectivity index (χ1n) is 21.2. The van der Waals surface area contributed by atoms with Crippen molar-refractivity contribution in [1.82, 2.24) is 0 Å². The van der Waals surface area contributed by atoms with Crippen LogP contribution >= 0.6 is 0 Å². The highest BCUT2D eigenvalue weighted by Crippen LogP contribution is 2.46. The van der Waals surface area contributed by atoms with Crippen molar-refractivity contribution >= 4 is 76.2 Å². The Morgan fingerprint density at radius 3 is 1.15 bits per heavy atom. The summed E-state index contributed by atoms with van der Waals surface area (Å²) in [6.07, 6.45) is 0. The molecule has 0 saturated heterocycles. The van der Waals surface area contributed by atoms with Crippen LogP contribution in [0.5, 0.6) is 0 Å². The van der Waals surface area contributed by atoms with Gasteiger partial charge in [0.2, 0.25) is 0 Å². The molecule has 0 aliphatic heterocycles. The summed E-state index contributed by atoms with van der Waals surface area (Å²) < 4.78 is 13.0. The first kappa shape index (κ1) is 34.6. The minimum atomic E-state index is 0.904. The van der Waals surface area contributed by atoms with E-state index in [1.165, 1.54) is 54.6 Å². The Bertz CT molecular complexity index is 3720. The number of hydrogen-bond donors (Lipinski definition) is 0. The molecule has 0 bridgehead atoms. The summed E-state index contributed by atoms with van der Waals surface area (Å²) in [5.74, 6) is 0. The van der Waals surface area contributed by atoms with Crippen LogP contribution in [0, 0.1) is 0 Å². The topological polar surface area (TPSA) is 26.3 Å². The van der Waals surface area contributed by atoms with E-state index in [9.17, 15) is 0 Å². The number of benzene rings is 11. The SMILES string of the molecule is c1cc(-c2cccc3c(-c4cccc5ccccc45)c4cccc(-c5cccc(-c6cccc7c6oc6ccccc67)c5)c4cc23)cc(-c2cccc3c2oc2ccccc23)c1. The monoisotopic (exact) mass is 788 g/mol. The van der Waals surface area contributed by atoms with Crippen molar-refractivity contribution in [2.45, 2.75) is 0 Å². The largest absolute Gasteiger partial charge is 0.455 e. The fraction of sp³-hybridized carbons (Fsp3) is 0. The van der Waals surface area contributed by atoms with Gasteiger partial charge < -0.3 is 8.83 Å². The Morgan fingerprint density at radius 1 is 0.226 bits per heavy atom. The molecule has 62 heavy (non-hydrogen) atoms. The third kappa shape index (κ3) is 5.30. The van der Waals surface area contributed by atoms with Gasteiger partial charge in [0.15, 0.2) is 0 Å². The van der Waals surface area contributed by atoms with E-state index in [2.05, 4.69) is 206 Å². The van der Waals surface area contributed by atoms with Crippen LogP contribution in [0.4, 0.5) is 0 Å². The van der Waals surface area contributed by atoms with E-state index in [4.69, 9.17) is 8.83 Å². The summed E-state index contributed by atoms with van der Waals surface area (Å²) in [5.41, 5.74) is 15.2. The molecule has 0 N–H and O–H groups in total. The summed E-state index contributed by atoms with van der Waals surface area (Å²) >= 11 is 0. The minimum absolute atomic E-state index is 0.904. The molecule has 0 fully saturated rings. The zero-order chi connectivity index (χ0) is 40.7. The lowest BCUT2D eigenvalue weighted by Crippen LogP contribution is -1.92. The van der Waals surface area contributed by atoms with E-state index in [-0.39, 0.29) is 0 Å². The van der Waals surface area contributed by atoms with Gasteiger partial charge in [-0.3, -0.25) is 0 Å². The summed E-state index contributed by atoms with van der Waals surface area (Å²) in [6, 6.07) is 78.9. The van der Waals surface area contributed by atoms with Crippen LogP contribution in [0.3, 0.4) is 0 Å². The van der Waals surface area contributed by atoms with Crippen molar-refractivity contribution in [2.75, 3.05) is 0 Å². The Morgan fingerprint density at radius 2 is 0.597 bits per heavy atom. The van der Waals surface area contributed by atoms with Crippen LogP contribution < -0.4 is 0 Å². The second kappa shape index (κ2) is 13.7. The second-order valence-electron chi connectivity index (χ2n) is 16.3. The zero-order valence-electron chi connectivity index (χ0n) is 33.6. The van der Waals surface area contributed by atoms with Gasteiger partial charge in [-0.2, -0.15) is 0 Å². The van der Waals surface area contributed by atoms with E-state index in [0.29, 0.717) is 0 Å². The van der Waals surface area contributed by atoms with E-state index in [0.717, 1.165) is 77.3 Å². The molecule has 0 saturated carbocycles. The summed E-state index contributed by atoms with van der Waals surface area (Å²) in [7, 11) is 0. The smallest absolute Gasteiger partial charge is 0.143 e. The zero-order valence-corrected chi connectivity index (χ0v) is 33.6. The molecule has 13 rings (SSSR count). The Hall–Kier alpha value is -8.20. The van der Waals surface area contributed by atoms with Crippen LogP contribution in [0.2, 0.25) is 0 Å². The van der Waals surface area contributed by atoms with Gasteiger partial charge in [-0.1, -0.05) is 188 Å². The van der Waals surface area contributed by atoms with Gasteiger partial charge >= 0.3 is 0 Å². The maximum Gasteiger partial charge on any atom is 0.143 e. The fourth-order valence-corrected chi connectivity index (χ4v) is 10.1. The second-order valence-corrected chi connectivity index (χ2v) is 16.3. The molecule has 0 aliphatic rings. The molecular formula is C60H36O2. The van der Waals surface area contributed by atoms with E-state index in [1.807, 2.05) is 12.1 Å². The van der Waals surface area contributed by atoms with E-state index < -0.39 is 0 Å². The molecule has 0 atom stereocenters. The maximum absolute atomic E-state index is 6.52. The molecule has 0 amide bonds. The Balaban J connectivity index is 1.05. The molecule has 2 aromatic heterocycles. The number of para-hydroxylation sites is 4. The third-order valence-corrected chi connectivity index (χ3v) is 12.9. The highest BCUT2D eigenvalue weighted by Gasteiger charge is 2.20. The first-order chi connectivity index (χ1) is 30.7. The first-order valence-corrected chi connectivity index (χ1v) is 21.2. The van der Waals surface area contributed by atoms with Gasteiger partial charge in [-0.25, -0.2) is 0 Å². The summed E-state index contributed by atoms with van der Waals surface area (Å²) in [5, 5.41) is 11.8. The van der Waals surface area contributed by atoms with Crippen LogP contribution in [-0.2, 0) is 0 Å². The van der Waals surface area contributed by atoms with Crippen molar-refractivity contribution in [1.29, 1.82) is 0 Å². The number of rotatable bonds is 5. The van der Waals surface area contributed by atoms with E-state index >= 15 is 0 Å². The highest BCUT2D eigenvalue weighted by molar-refractivity contribution is 6.22. The lowest BCUT2D eigenvalue weighted by atomic mass is 9.84. The average molecular weight is 789 g/mol. The molecule has 13 aromatic rings. The van der Waals surface area contributed by atoms with Gasteiger partial charge in [0.25, 0.3) is 0 Å². The minimum Gasteiger partial charge on any atom is -0.455 e. The van der Waals surface area contributed by atoms with Gasteiger partial charge in [0.1, 0.15) is 22.3 Å². The maximum atomic E-state index is 6.52. The van der Waals surface area contributed by atoms with Gasteiger partial charge in [0.05, 0.1) is 0 Å². The van der Waals surface area contributed by atoms with Crippen LogP contribution in [0.15, 0.2) is 227 Å². The van der Waals surface area contributed by atoms with Gasteiger partial charge in [-0.15, -0.1) is 0 Å². The molecule has 0 spiro atoms. The molecule has 0 aliphatic carbocycles. The fourth-order valence-electron chi connectivity index (χ4n) is 10.1. The van der Waals surface area contributed by atoms with Gasteiger partial charge in [-0.05, 0) is 107 Å². The van der Waals surface area contributed by atoms with E-state index in [1.54, 1.807) is 0 Å². The normalized spacial score (nSPS) is 11.9. The van der Waals surface area contributed by atoms with Gasteiger partial charge in [0, 0.05) is 32.7 Å². The number of fused-ring (bicyclic) bond motifs is 9. The van der Waals surface area contributed by atoms with Crippen LogP contribution in [-0.4, -0.2) is 0 Å². The molecule has 11 aromatic carbocycles. The van der Waals surface area contributed by atoms with Crippen molar-refractivity contribution in [2.24, 2.45) is 0 Å². The summed E-state index contributed by atoms with van der Waals surface area (Å²) in [4.78, 5) is 0. The van der Waals surface area contributed by atoms with Crippen LogP contribution in [0.1, 0.15) is 0 Å². The van der Waals surface area contributed by atoms with Crippen molar-refractivity contribution in [3.63, 3.8) is 0 Å². The molecule has 2 heterocycles. The molecule has 288 valence electrons. The average Bonchev–Trinajstić information content (AvgIpc) is 3.92. The number of hydrogen-bond acceptors (Lipinski definition) is 2. The Labute approximate surface area is 357 Å². The quantitative estimate of drug-likeness (QED) is 0.162. The molecule has 0 unspecified atom stereocenters. The summed E-state index contributed by atoms with van der Waals surface area (Å²) in [6.45, 7) is 0. The standard InChI is InChI=1S/C60H36O2/c1-2-20-42-37(14-1)15-9-27-49(42)58-50-28-10-23-43(38-16-7-18-40(34-38)45-25-12-30-52-47-21-3-5-32-56(47)61-59(45)52)54(50)36-55-44(24-11-29-51(55)58)39-17-8-19-41(35-39)46-26-13-31-53-48-22-4-6-33-57(48)62-60(46)53/h1-36H. The molecular weight excluding hydrogens is 753 g/mol. The van der Waals surface area contributed by atoms with Crippen molar-refractivity contribution in [3.05, 3.63) is 218 Å². The lowest BCUT2D eigenvalue weighted by molar-refractivity contribution is 0.669. The third-order valence-electron chi connectivity index (χ3n) is 12.9. The predicted molar refractivity (Wildman–Crippen MR) is 261 cm³/mol. The highest BCUT2D eigenvalue weighted by atomic mass is 16.3. The van der Waals surface area contributed by atoms with Crippen molar-refractivity contribution in [3.8, 4) is 55.6 Å². The molecule has 2 nitrogen and oxygen atoms in total. The van der Waals surface area contributed by atoms with Crippen molar-refractivity contribution < 1.29 is 8.83 Å². The predicted octanol–water partition coefficient (Wildman–Crippen LogP) is 17.3. The molecule has 2 heteroatoms. The number of furan rings is 2.